The van der Waals surface area contributed by atoms with Crippen molar-refractivity contribution in [1.29, 1.82) is 0 Å². The van der Waals surface area contributed by atoms with Gasteiger partial charge in [0.05, 0.1) is 15.8 Å². The van der Waals surface area contributed by atoms with Gasteiger partial charge in [0.1, 0.15) is 0 Å². The average molecular weight is 494 g/mol. The lowest BCUT2D eigenvalue weighted by atomic mass is 9.87. The molecule has 1 unspecified atom stereocenters. The molecule has 3 aromatic rings. The minimum Gasteiger partial charge on any atom is -0.362 e. The van der Waals surface area contributed by atoms with Crippen LogP contribution in [0.25, 0.3) is 11.6 Å². The number of fused-ring (bicyclic) bond motifs is 1. The summed E-state index contributed by atoms with van der Waals surface area (Å²) >= 11 is 0. The molecule has 1 atom stereocenters. The van der Waals surface area contributed by atoms with Gasteiger partial charge < -0.3 is 15.6 Å². The van der Waals surface area contributed by atoms with Gasteiger partial charge in [-0.15, -0.1) is 0 Å². The number of hydrogen-bond donors (Lipinski definition) is 3. The van der Waals surface area contributed by atoms with E-state index >= 15 is 0 Å². The Morgan fingerprint density at radius 2 is 1.80 bits per heavy atom. The number of nitrogens with zero attached hydrogens (tertiary/aromatic N) is 2. The second kappa shape index (κ2) is 9.39. The number of nitrogens with one attached hydrogen (secondary N) is 3. The van der Waals surface area contributed by atoms with E-state index in [-0.39, 0.29) is 5.25 Å². The summed E-state index contributed by atoms with van der Waals surface area (Å²) in [6.07, 6.45) is 12.5. The maximum atomic E-state index is 14.7. The molecule has 182 valence electrons. The zero-order chi connectivity index (χ0) is 24.5. The Kier molecular flexibility index (Phi) is 6.29. The maximum absolute atomic E-state index is 14.7. The average Bonchev–Trinajstić information content (AvgIpc) is 3.37. The number of piperidine rings is 1. The molecular formula is C26H28FN5O2S. The van der Waals surface area contributed by atoms with Crippen LogP contribution in [-0.4, -0.2) is 41.7 Å². The summed E-state index contributed by atoms with van der Waals surface area (Å²) in [4.78, 5) is 12.1. The van der Waals surface area contributed by atoms with Gasteiger partial charge in [0.25, 0.3) is 0 Å². The summed E-state index contributed by atoms with van der Waals surface area (Å²) in [7, 11) is -3.33. The van der Waals surface area contributed by atoms with E-state index in [1.54, 1.807) is 49.8 Å². The smallest absolute Gasteiger partial charge is 0.227 e. The monoisotopic (exact) mass is 493 g/mol. The van der Waals surface area contributed by atoms with E-state index < -0.39 is 15.5 Å². The van der Waals surface area contributed by atoms with Gasteiger partial charge in [0.15, 0.2) is 15.5 Å². The molecule has 1 aromatic carbocycles. The highest BCUT2D eigenvalue weighted by atomic mass is 32.2. The normalized spacial score (nSPS) is 21.0. The van der Waals surface area contributed by atoms with Gasteiger partial charge in [0, 0.05) is 41.8 Å². The van der Waals surface area contributed by atoms with Crippen LogP contribution >= 0.6 is 0 Å². The molecule has 1 aliphatic heterocycles. The first-order valence-electron chi connectivity index (χ1n) is 11.7. The number of H-pyrrole nitrogens is 1. The number of rotatable bonds is 6. The highest BCUT2D eigenvalue weighted by molar-refractivity contribution is 7.92. The standard InChI is InChI=1S/C26H28FN5O2S/c1-26(27)12-8-19(23-11-15-29-24(23)26)3-2-18-16-30-25(31-17-18)32-20-4-6-21(7-5-20)35(33,34)22-9-13-28-14-10-22/h2-8,11,15-17,22,28-29H,9-10,12-14H2,1H3,(H,30,31,32)/b3-2+. The fourth-order valence-corrected chi connectivity index (χ4v) is 6.30. The number of alkyl halides is 1. The van der Waals surface area contributed by atoms with Gasteiger partial charge in [-0.3, -0.25) is 0 Å². The van der Waals surface area contributed by atoms with Crippen LogP contribution in [0.4, 0.5) is 16.0 Å². The van der Waals surface area contributed by atoms with E-state index in [4.69, 9.17) is 0 Å². The molecule has 2 aliphatic rings. The molecule has 1 aliphatic carbocycles. The molecule has 1 fully saturated rings. The van der Waals surface area contributed by atoms with E-state index in [2.05, 4.69) is 25.6 Å². The molecule has 35 heavy (non-hydrogen) atoms. The number of allylic oxidation sites excluding steroid dienone is 3. The number of sulfone groups is 1. The summed E-state index contributed by atoms with van der Waals surface area (Å²) in [5.41, 5.74) is 2.55. The molecule has 0 amide bonds. The van der Waals surface area contributed by atoms with Gasteiger partial charge in [0.2, 0.25) is 5.95 Å². The zero-order valence-electron chi connectivity index (χ0n) is 19.5. The molecule has 0 spiro atoms. The SMILES string of the molecule is CC1(F)CC=C(/C=C/c2cnc(Nc3ccc(S(=O)(=O)C4CCNCC4)cc3)nc2)c2cc[nH]c21. The summed E-state index contributed by atoms with van der Waals surface area (Å²) in [5.74, 6) is 0.411. The van der Waals surface area contributed by atoms with Crippen molar-refractivity contribution in [3.05, 3.63) is 77.9 Å². The van der Waals surface area contributed by atoms with Crippen molar-refractivity contribution < 1.29 is 12.8 Å². The molecule has 9 heteroatoms. The summed E-state index contributed by atoms with van der Waals surface area (Å²) in [6, 6.07) is 8.61. The quantitative estimate of drug-likeness (QED) is 0.458. The first kappa shape index (κ1) is 23.4. The van der Waals surface area contributed by atoms with Gasteiger partial charge in [-0.1, -0.05) is 18.2 Å². The first-order chi connectivity index (χ1) is 16.8. The molecule has 5 rings (SSSR count). The van der Waals surface area contributed by atoms with Gasteiger partial charge in [-0.05, 0) is 68.8 Å². The van der Waals surface area contributed by atoms with Gasteiger partial charge in [-0.2, -0.15) is 0 Å². The van der Waals surface area contributed by atoms with Crippen LogP contribution in [0, 0.1) is 0 Å². The Hall–Kier alpha value is -3.30. The lowest BCUT2D eigenvalue weighted by molar-refractivity contribution is 0.188. The molecule has 1 saturated heterocycles. The Morgan fingerprint density at radius 1 is 1.09 bits per heavy atom. The number of hydrogen-bond acceptors (Lipinski definition) is 6. The van der Waals surface area contributed by atoms with Crippen LogP contribution in [0.5, 0.6) is 0 Å². The van der Waals surface area contributed by atoms with Crippen LogP contribution in [0.1, 0.15) is 43.0 Å². The first-order valence-corrected chi connectivity index (χ1v) is 13.3. The van der Waals surface area contributed by atoms with Crippen molar-refractivity contribution in [3.63, 3.8) is 0 Å². The lowest BCUT2D eigenvalue weighted by Gasteiger charge is -2.24. The van der Waals surface area contributed by atoms with Crippen molar-refractivity contribution in [1.82, 2.24) is 20.3 Å². The van der Waals surface area contributed by atoms with Crippen molar-refractivity contribution >= 4 is 33.1 Å². The van der Waals surface area contributed by atoms with Crippen LogP contribution in [0.2, 0.25) is 0 Å². The maximum Gasteiger partial charge on any atom is 0.227 e. The molecule has 3 N–H and O–H groups in total. The third-order valence-corrected chi connectivity index (χ3v) is 8.85. The number of benzene rings is 1. The molecule has 0 bridgehead atoms. The minimum absolute atomic E-state index is 0.317. The summed E-state index contributed by atoms with van der Waals surface area (Å²) < 4.78 is 40.4. The number of halogens is 1. The van der Waals surface area contributed by atoms with Crippen LogP contribution in [-0.2, 0) is 15.5 Å². The highest BCUT2D eigenvalue weighted by Gasteiger charge is 2.32. The van der Waals surface area contributed by atoms with Crippen LogP contribution < -0.4 is 10.6 Å². The van der Waals surface area contributed by atoms with E-state index in [1.807, 2.05) is 24.3 Å². The summed E-state index contributed by atoms with van der Waals surface area (Å²) in [5, 5.41) is 5.97. The Balaban J connectivity index is 1.23. The van der Waals surface area contributed by atoms with Gasteiger partial charge in [-0.25, -0.2) is 22.8 Å². The second-order valence-electron chi connectivity index (χ2n) is 9.14. The predicted molar refractivity (Wildman–Crippen MR) is 136 cm³/mol. The van der Waals surface area contributed by atoms with E-state index in [0.717, 1.165) is 29.8 Å². The van der Waals surface area contributed by atoms with Crippen molar-refractivity contribution in [3.8, 4) is 0 Å². The summed E-state index contributed by atoms with van der Waals surface area (Å²) in [6.45, 7) is 3.04. The third kappa shape index (κ3) is 4.92. The van der Waals surface area contributed by atoms with Crippen molar-refractivity contribution in [2.45, 2.75) is 42.0 Å². The molecule has 7 nitrogen and oxygen atoms in total. The Morgan fingerprint density at radius 3 is 2.51 bits per heavy atom. The second-order valence-corrected chi connectivity index (χ2v) is 11.4. The Labute approximate surface area is 204 Å². The number of aromatic amines is 1. The van der Waals surface area contributed by atoms with Gasteiger partial charge >= 0.3 is 0 Å². The van der Waals surface area contributed by atoms with Crippen LogP contribution in [0.3, 0.4) is 0 Å². The van der Waals surface area contributed by atoms with Crippen molar-refractivity contribution in [2.24, 2.45) is 0 Å². The van der Waals surface area contributed by atoms with Crippen LogP contribution in [0.15, 0.2) is 66.0 Å². The number of anilines is 2. The predicted octanol–water partition coefficient (Wildman–Crippen LogP) is 4.76. The molecule has 3 heterocycles. The van der Waals surface area contributed by atoms with E-state index in [0.29, 0.717) is 41.5 Å². The number of aromatic nitrogens is 3. The lowest BCUT2D eigenvalue weighted by Crippen LogP contribution is -2.35. The Bertz CT molecular complexity index is 1350. The minimum atomic E-state index is -3.33. The molecule has 2 aromatic heterocycles. The largest absolute Gasteiger partial charge is 0.362 e. The third-order valence-electron chi connectivity index (χ3n) is 6.58. The fourth-order valence-electron chi connectivity index (χ4n) is 4.54. The molecule has 0 saturated carbocycles. The van der Waals surface area contributed by atoms with E-state index in [9.17, 15) is 12.8 Å². The molecule has 0 radical (unpaired) electrons. The zero-order valence-corrected chi connectivity index (χ0v) is 20.3. The fraction of sp³-hybridized carbons (Fsp3) is 0.308. The topological polar surface area (TPSA) is 99.8 Å². The highest BCUT2D eigenvalue weighted by Crippen LogP contribution is 2.39. The van der Waals surface area contributed by atoms with E-state index in [1.165, 1.54) is 0 Å². The van der Waals surface area contributed by atoms with Crippen molar-refractivity contribution in [2.75, 3.05) is 18.4 Å². The molecular weight excluding hydrogens is 465 g/mol.